The van der Waals surface area contributed by atoms with E-state index in [4.69, 9.17) is 26.7 Å². The van der Waals surface area contributed by atoms with Crippen molar-refractivity contribution in [2.45, 2.75) is 13.5 Å². The average Bonchev–Trinajstić information content (AvgIpc) is 3.50. The molecule has 6 rings (SSSR count). The summed E-state index contributed by atoms with van der Waals surface area (Å²) in [5.41, 5.74) is 1.65. The van der Waals surface area contributed by atoms with Crippen molar-refractivity contribution in [3.05, 3.63) is 69.0 Å². The molecule has 0 unspecified atom stereocenters. The second-order valence-electron chi connectivity index (χ2n) is 8.96. The lowest BCUT2D eigenvalue weighted by molar-refractivity contribution is -0.122. The van der Waals surface area contributed by atoms with Gasteiger partial charge in [0.25, 0.3) is 11.5 Å². The number of piperazine rings is 1. The number of anilines is 1. The van der Waals surface area contributed by atoms with Crippen molar-refractivity contribution < 1.29 is 14.3 Å². The van der Waals surface area contributed by atoms with Gasteiger partial charge in [0.2, 0.25) is 6.79 Å². The molecule has 1 aromatic carbocycles. The van der Waals surface area contributed by atoms with E-state index < -0.39 is 0 Å². The van der Waals surface area contributed by atoms with Crippen LogP contribution in [0.15, 0.2) is 52.3 Å². The molecule has 5 heterocycles. The first-order chi connectivity index (χ1) is 18.0. The Labute approximate surface area is 223 Å². The number of hydrogen-bond acceptors (Lipinski definition) is 9. The fourth-order valence-corrected chi connectivity index (χ4v) is 5.96. The highest BCUT2D eigenvalue weighted by atomic mass is 32.2. The van der Waals surface area contributed by atoms with Gasteiger partial charge in [-0.2, -0.15) is 0 Å². The number of amides is 1. The summed E-state index contributed by atoms with van der Waals surface area (Å²) in [4.78, 5) is 38.4. The monoisotopic (exact) mass is 535 g/mol. The number of ether oxygens (including phenoxy) is 2. The Hall–Kier alpha value is -3.41. The third kappa shape index (κ3) is 4.47. The van der Waals surface area contributed by atoms with Gasteiger partial charge in [-0.3, -0.25) is 18.9 Å². The number of fused-ring (bicyclic) bond motifs is 2. The van der Waals surface area contributed by atoms with Crippen LogP contribution in [0.1, 0.15) is 18.1 Å². The van der Waals surface area contributed by atoms with E-state index in [1.54, 1.807) is 23.2 Å². The molecule has 3 aromatic rings. The lowest BCUT2D eigenvalue weighted by Gasteiger charge is -2.35. The molecule has 190 valence electrons. The molecule has 0 aliphatic carbocycles. The van der Waals surface area contributed by atoms with Gasteiger partial charge in [-0.25, -0.2) is 4.98 Å². The van der Waals surface area contributed by atoms with E-state index in [0.29, 0.717) is 44.3 Å². The molecule has 0 N–H and O–H groups in total. The lowest BCUT2D eigenvalue weighted by Crippen LogP contribution is -2.47. The largest absolute Gasteiger partial charge is 0.454 e. The van der Waals surface area contributed by atoms with Crippen LogP contribution in [-0.4, -0.2) is 68.9 Å². The predicted octanol–water partition coefficient (Wildman–Crippen LogP) is 2.97. The summed E-state index contributed by atoms with van der Waals surface area (Å²) in [7, 11) is 0. The van der Waals surface area contributed by atoms with Crippen LogP contribution in [0.3, 0.4) is 0 Å². The number of carbonyl (C=O) groups is 1. The van der Waals surface area contributed by atoms with Gasteiger partial charge in [-0.1, -0.05) is 43.0 Å². The molecule has 0 radical (unpaired) electrons. The Morgan fingerprint density at radius 1 is 1.08 bits per heavy atom. The number of likely N-dealkylation sites (N-methyl/N-ethyl adjacent to an activating group) is 1. The lowest BCUT2D eigenvalue weighted by atomic mass is 10.2. The number of benzene rings is 1. The highest BCUT2D eigenvalue weighted by Crippen LogP contribution is 2.37. The van der Waals surface area contributed by atoms with Gasteiger partial charge in [-0.15, -0.1) is 0 Å². The van der Waals surface area contributed by atoms with Crippen molar-refractivity contribution in [2.24, 2.45) is 0 Å². The number of hydrogen-bond donors (Lipinski definition) is 0. The normalized spacial score (nSPS) is 19.0. The zero-order chi connectivity index (χ0) is 25.5. The second-order valence-corrected chi connectivity index (χ2v) is 10.6. The summed E-state index contributed by atoms with van der Waals surface area (Å²) in [5.74, 6) is 1.71. The van der Waals surface area contributed by atoms with E-state index in [9.17, 15) is 9.59 Å². The van der Waals surface area contributed by atoms with E-state index in [2.05, 4.69) is 16.7 Å². The van der Waals surface area contributed by atoms with E-state index in [0.717, 1.165) is 38.3 Å². The van der Waals surface area contributed by atoms with Gasteiger partial charge in [0.15, 0.2) is 11.5 Å². The van der Waals surface area contributed by atoms with Gasteiger partial charge < -0.3 is 19.3 Å². The zero-order valence-electron chi connectivity index (χ0n) is 20.3. The minimum absolute atomic E-state index is 0.188. The molecule has 37 heavy (non-hydrogen) atoms. The number of aromatic nitrogens is 2. The average molecular weight is 536 g/mol. The number of rotatable bonds is 5. The van der Waals surface area contributed by atoms with Crippen LogP contribution in [-0.2, 0) is 11.3 Å². The van der Waals surface area contributed by atoms with Crippen molar-refractivity contribution in [1.29, 1.82) is 0 Å². The molecule has 11 heteroatoms. The van der Waals surface area contributed by atoms with E-state index in [1.807, 2.05) is 30.3 Å². The van der Waals surface area contributed by atoms with Crippen molar-refractivity contribution in [1.82, 2.24) is 19.2 Å². The molecule has 0 spiro atoms. The van der Waals surface area contributed by atoms with Crippen LogP contribution < -0.4 is 19.9 Å². The summed E-state index contributed by atoms with van der Waals surface area (Å²) in [5, 5.41) is 0. The first-order valence-corrected chi connectivity index (χ1v) is 13.4. The van der Waals surface area contributed by atoms with Crippen LogP contribution in [0.5, 0.6) is 11.5 Å². The molecular weight excluding hydrogens is 510 g/mol. The van der Waals surface area contributed by atoms with E-state index in [1.165, 1.54) is 16.2 Å². The smallest absolute Gasteiger partial charge is 0.267 e. The Kier molecular flexibility index (Phi) is 6.35. The van der Waals surface area contributed by atoms with Gasteiger partial charge >= 0.3 is 0 Å². The highest BCUT2D eigenvalue weighted by Gasteiger charge is 2.33. The van der Waals surface area contributed by atoms with Crippen LogP contribution in [0.25, 0.3) is 11.7 Å². The molecule has 2 aromatic heterocycles. The molecule has 3 aliphatic heterocycles. The number of thiocarbonyl (C=S) groups is 1. The quantitative estimate of drug-likeness (QED) is 0.362. The fourth-order valence-electron chi connectivity index (χ4n) is 4.72. The second kappa shape index (κ2) is 9.81. The van der Waals surface area contributed by atoms with E-state index >= 15 is 0 Å². The van der Waals surface area contributed by atoms with Gasteiger partial charge in [-0.05, 0) is 42.4 Å². The Morgan fingerprint density at radius 2 is 1.89 bits per heavy atom. The maximum absolute atomic E-state index is 13.6. The first kappa shape index (κ1) is 24.0. The summed E-state index contributed by atoms with van der Waals surface area (Å²) in [6.07, 6.45) is 3.36. The Morgan fingerprint density at radius 3 is 2.70 bits per heavy atom. The molecule has 2 saturated heterocycles. The maximum atomic E-state index is 13.6. The van der Waals surface area contributed by atoms with Crippen LogP contribution >= 0.6 is 24.0 Å². The zero-order valence-corrected chi connectivity index (χ0v) is 21.9. The van der Waals surface area contributed by atoms with Crippen LogP contribution in [0.2, 0.25) is 0 Å². The molecule has 3 aliphatic rings. The molecule has 0 bridgehead atoms. The number of pyridine rings is 1. The molecule has 0 saturated carbocycles. The molecule has 9 nitrogen and oxygen atoms in total. The Bertz CT molecular complexity index is 1500. The first-order valence-electron chi connectivity index (χ1n) is 12.1. The molecule has 2 fully saturated rings. The van der Waals surface area contributed by atoms with Crippen molar-refractivity contribution in [3.8, 4) is 11.5 Å². The minimum Gasteiger partial charge on any atom is -0.454 e. The van der Waals surface area contributed by atoms with E-state index in [-0.39, 0.29) is 18.3 Å². The number of carbonyl (C=O) groups excluding carboxylic acids is 1. The fraction of sp³-hybridized carbons (Fsp3) is 0.308. The van der Waals surface area contributed by atoms with Gasteiger partial charge in [0.05, 0.1) is 17.0 Å². The third-order valence-electron chi connectivity index (χ3n) is 6.79. The summed E-state index contributed by atoms with van der Waals surface area (Å²) in [6, 6.07) is 11.1. The standard InChI is InChI=1S/C26H25N5O4S2/c1-2-28-9-11-29(12-10-28)23-18(24(32)30-8-4-3-5-22(30)27-23)14-21-25(33)31(26(36)37-21)15-17-6-7-19-20(13-17)35-16-34-19/h3-8,13-14H,2,9-12,15-16H2,1H3/b21-14+. The van der Waals surface area contributed by atoms with Crippen molar-refractivity contribution in [2.75, 3.05) is 44.4 Å². The highest BCUT2D eigenvalue weighted by molar-refractivity contribution is 8.26. The summed E-state index contributed by atoms with van der Waals surface area (Å²) >= 11 is 6.76. The molecule has 0 atom stereocenters. The van der Waals surface area contributed by atoms with Crippen molar-refractivity contribution in [3.63, 3.8) is 0 Å². The predicted molar refractivity (Wildman–Crippen MR) is 147 cm³/mol. The molecular formula is C26H25N5O4S2. The van der Waals surface area contributed by atoms with Gasteiger partial charge in [0, 0.05) is 32.4 Å². The SMILES string of the molecule is CCN1CCN(c2nc3ccccn3c(=O)c2/C=C2/SC(=S)N(Cc3ccc4c(c3)OCO4)C2=O)CC1. The topological polar surface area (TPSA) is 79.6 Å². The van der Waals surface area contributed by atoms with Gasteiger partial charge in [0.1, 0.15) is 15.8 Å². The van der Waals surface area contributed by atoms with Crippen LogP contribution in [0.4, 0.5) is 5.82 Å². The Balaban J connectivity index is 1.34. The summed E-state index contributed by atoms with van der Waals surface area (Å²) in [6.45, 7) is 6.93. The maximum Gasteiger partial charge on any atom is 0.267 e. The number of thioether (sulfide) groups is 1. The number of nitrogens with zero attached hydrogens (tertiary/aromatic N) is 5. The third-order valence-corrected chi connectivity index (χ3v) is 8.17. The molecule has 1 amide bonds. The van der Waals surface area contributed by atoms with Crippen LogP contribution in [0, 0.1) is 0 Å². The van der Waals surface area contributed by atoms with Crippen molar-refractivity contribution >= 4 is 51.7 Å². The minimum atomic E-state index is -0.230. The summed E-state index contributed by atoms with van der Waals surface area (Å²) < 4.78 is 12.8.